The van der Waals surface area contributed by atoms with Crippen molar-refractivity contribution in [2.45, 2.75) is 26.3 Å². The van der Waals surface area contributed by atoms with Crippen molar-refractivity contribution < 1.29 is 19.0 Å². The van der Waals surface area contributed by atoms with E-state index in [9.17, 15) is 9.18 Å². The number of benzene rings is 1. The topological polar surface area (TPSA) is 75.8 Å². The van der Waals surface area contributed by atoms with Crippen LogP contribution in [0.1, 0.15) is 30.6 Å². The molecule has 6 heteroatoms. The Labute approximate surface area is 118 Å². The first-order valence-corrected chi connectivity index (χ1v) is 6.47. The Morgan fingerprint density at radius 3 is 2.65 bits per heavy atom. The fraction of sp³-hybridized carbons (Fsp3) is 0.500. The molecule has 3 N–H and O–H groups in total. The highest BCUT2D eigenvalue weighted by atomic mass is 19.1. The Balaban J connectivity index is 3.23. The van der Waals surface area contributed by atoms with E-state index in [1.54, 1.807) is 4.90 Å². The molecule has 1 aromatic rings. The van der Waals surface area contributed by atoms with Crippen molar-refractivity contribution in [1.82, 2.24) is 0 Å². The van der Waals surface area contributed by atoms with E-state index >= 15 is 0 Å². The fourth-order valence-electron chi connectivity index (χ4n) is 1.98. The van der Waals surface area contributed by atoms with E-state index in [0.29, 0.717) is 13.0 Å². The molecule has 0 bridgehead atoms. The second-order valence-electron chi connectivity index (χ2n) is 4.75. The maximum absolute atomic E-state index is 14.1. The molecule has 112 valence electrons. The lowest BCUT2D eigenvalue weighted by molar-refractivity contribution is 0.0602. The van der Waals surface area contributed by atoms with E-state index in [1.807, 2.05) is 13.8 Å². The van der Waals surface area contributed by atoms with Gasteiger partial charge in [-0.05, 0) is 32.4 Å². The lowest BCUT2D eigenvalue weighted by Gasteiger charge is -2.29. The first-order valence-electron chi connectivity index (χ1n) is 6.47. The number of anilines is 2. The number of nitrogen functional groups attached to an aromatic ring is 1. The average Bonchev–Trinajstić information content (AvgIpc) is 2.40. The zero-order chi connectivity index (χ0) is 15.3. The summed E-state index contributed by atoms with van der Waals surface area (Å²) < 4.78 is 18.7. The van der Waals surface area contributed by atoms with E-state index in [1.165, 1.54) is 13.2 Å². The summed E-state index contributed by atoms with van der Waals surface area (Å²) >= 11 is 0. The van der Waals surface area contributed by atoms with Crippen LogP contribution < -0.4 is 10.6 Å². The number of rotatable bonds is 6. The number of ether oxygens (including phenoxy) is 1. The highest BCUT2D eigenvalue weighted by Crippen LogP contribution is 2.27. The molecule has 0 unspecified atom stereocenters. The summed E-state index contributed by atoms with van der Waals surface area (Å²) in [6.45, 7) is 4.31. The van der Waals surface area contributed by atoms with Crippen LogP contribution in [0.4, 0.5) is 15.8 Å². The minimum atomic E-state index is -0.602. The van der Waals surface area contributed by atoms with Gasteiger partial charge in [0.1, 0.15) is 5.82 Å². The summed E-state index contributed by atoms with van der Waals surface area (Å²) in [5.74, 6) is -1.10. The summed E-state index contributed by atoms with van der Waals surface area (Å²) in [7, 11) is 1.25. The number of aliphatic hydroxyl groups excluding tert-OH is 1. The standard InChI is InChI=1S/C14H21FN2O3/c1-9(2)17(5-4-6-18)13-7-10(14(19)20-3)12(16)8-11(13)15/h7-9,18H,4-6,16H2,1-3H3. The van der Waals surface area contributed by atoms with Gasteiger partial charge in [-0.2, -0.15) is 0 Å². The Bertz CT molecular complexity index is 478. The largest absolute Gasteiger partial charge is 0.465 e. The Hall–Kier alpha value is -1.82. The van der Waals surface area contributed by atoms with Crippen LogP contribution >= 0.6 is 0 Å². The highest BCUT2D eigenvalue weighted by molar-refractivity contribution is 5.96. The third-order valence-corrected chi connectivity index (χ3v) is 3.01. The third-order valence-electron chi connectivity index (χ3n) is 3.01. The smallest absolute Gasteiger partial charge is 0.340 e. The maximum Gasteiger partial charge on any atom is 0.340 e. The van der Waals surface area contributed by atoms with Gasteiger partial charge in [0, 0.05) is 24.9 Å². The number of halogens is 1. The van der Waals surface area contributed by atoms with Crippen LogP contribution in [0.3, 0.4) is 0 Å². The summed E-state index contributed by atoms with van der Waals surface area (Å²) in [5.41, 5.74) is 6.11. The van der Waals surface area contributed by atoms with Gasteiger partial charge in [0.2, 0.25) is 0 Å². The van der Waals surface area contributed by atoms with Crippen molar-refractivity contribution in [2.75, 3.05) is 30.9 Å². The molecule has 5 nitrogen and oxygen atoms in total. The summed E-state index contributed by atoms with van der Waals surface area (Å²) in [6, 6.07) is 2.54. The molecule has 0 atom stereocenters. The highest BCUT2D eigenvalue weighted by Gasteiger charge is 2.20. The molecule has 0 aliphatic carbocycles. The third kappa shape index (κ3) is 3.60. The van der Waals surface area contributed by atoms with Gasteiger partial charge in [0.15, 0.2) is 0 Å². The van der Waals surface area contributed by atoms with Crippen molar-refractivity contribution >= 4 is 17.3 Å². The van der Waals surface area contributed by atoms with E-state index in [2.05, 4.69) is 4.74 Å². The zero-order valence-electron chi connectivity index (χ0n) is 12.0. The van der Waals surface area contributed by atoms with Crippen molar-refractivity contribution in [3.05, 3.63) is 23.5 Å². The van der Waals surface area contributed by atoms with Crippen LogP contribution in [0.5, 0.6) is 0 Å². The van der Waals surface area contributed by atoms with Gasteiger partial charge in [-0.25, -0.2) is 9.18 Å². The fourth-order valence-corrected chi connectivity index (χ4v) is 1.98. The second-order valence-corrected chi connectivity index (χ2v) is 4.75. The van der Waals surface area contributed by atoms with Gasteiger partial charge in [-0.1, -0.05) is 0 Å². The van der Waals surface area contributed by atoms with Crippen LogP contribution in [0.25, 0.3) is 0 Å². The summed E-state index contributed by atoms with van der Waals surface area (Å²) in [6.07, 6.45) is 0.509. The van der Waals surface area contributed by atoms with Crippen LogP contribution in [-0.4, -0.2) is 37.4 Å². The zero-order valence-corrected chi connectivity index (χ0v) is 12.0. The van der Waals surface area contributed by atoms with Crippen LogP contribution in [0.2, 0.25) is 0 Å². The number of hydrogen-bond donors (Lipinski definition) is 2. The molecule has 0 aliphatic heterocycles. The Morgan fingerprint density at radius 1 is 1.50 bits per heavy atom. The molecule has 0 heterocycles. The molecule has 0 radical (unpaired) electrons. The number of methoxy groups -OCH3 is 1. The van der Waals surface area contributed by atoms with E-state index in [4.69, 9.17) is 10.8 Å². The van der Waals surface area contributed by atoms with Gasteiger partial charge in [0.25, 0.3) is 0 Å². The summed E-state index contributed by atoms with van der Waals surface area (Å²) in [5, 5.41) is 8.92. The molecular formula is C14H21FN2O3. The maximum atomic E-state index is 14.1. The van der Waals surface area contributed by atoms with Gasteiger partial charge in [-0.15, -0.1) is 0 Å². The Morgan fingerprint density at radius 2 is 2.15 bits per heavy atom. The van der Waals surface area contributed by atoms with Crippen LogP contribution in [0.15, 0.2) is 12.1 Å². The first-order chi connectivity index (χ1) is 9.42. The SMILES string of the molecule is COC(=O)c1cc(N(CCCO)C(C)C)c(F)cc1N. The minimum absolute atomic E-state index is 0.0175. The lowest BCUT2D eigenvalue weighted by atomic mass is 10.1. The normalized spacial score (nSPS) is 10.7. The van der Waals surface area contributed by atoms with Crippen LogP contribution in [-0.2, 0) is 4.74 Å². The van der Waals surface area contributed by atoms with E-state index in [0.717, 1.165) is 6.07 Å². The van der Waals surface area contributed by atoms with Crippen molar-refractivity contribution in [3.8, 4) is 0 Å². The molecule has 0 saturated carbocycles. The quantitative estimate of drug-likeness (QED) is 0.615. The number of nitrogens with zero attached hydrogens (tertiary/aromatic N) is 1. The van der Waals surface area contributed by atoms with E-state index in [-0.39, 0.29) is 29.6 Å². The molecule has 0 fully saturated rings. The van der Waals surface area contributed by atoms with Gasteiger partial charge in [0.05, 0.1) is 18.4 Å². The average molecular weight is 284 g/mol. The molecular weight excluding hydrogens is 263 g/mol. The van der Waals surface area contributed by atoms with E-state index < -0.39 is 11.8 Å². The molecule has 0 saturated heterocycles. The number of aliphatic hydroxyl groups is 1. The number of hydrogen-bond acceptors (Lipinski definition) is 5. The predicted molar refractivity (Wildman–Crippen MR) is 76.3 cm³/mol. The molecule has 1 rings (SSSR count). The number of nitrogens with two attached hydrogens (primary N) is 1. The monoisotopic (exact) mass is 284 g/mol. The Kier molecular flexibility index (Phi) is 5.76. The van der Waals surface area contributed by atoms with Crippen molar-refractivity contribution in [2.24, 2.45) is 0 Å². The lowest BCUT2D eigenvalue weighted by Crippen LogP contribution is -2.33. The molecule has 0 aliphatic rings. The van der Waals surface area contributed by atoms with Crippen molar-refractivity contribution in [3.63, 3.8) is 0 Å². The molecule has 0 aromatic heterocycles. The van der Waals surface area contributed by atoms with Gasteiger partial charge in [-0.3, -0.25) is 0 Å². The van der Waals surface area contributed by atoms with Crippen LogP contribution in [0, 0.1) is 5.82 Å². The number of carbonyl (C=O) groups is 1. The minimum Gasteiger partial charge on any atom is -0.465 e. The molecule has 0 amide bonds. The number of esters is 1. The molecule has 1 aromatic carbocycles. The summed E-state index contributed by atoms with van der Waals surface area (Å²) in [4.78, 5) is 13.4. The number of carbonyl (C=O) groups excluding carboxylic acids is 1. The van der Waals surface area contributed by atoms with Crippen molar-refractivity contribution in [1.29, 1.82) is 0 Å². The van der Waals surface area contributed by atoms with Gasteiger partial charge >= 0.3 is 5.97 Å². The molecule has 0 spiro atoms. The second kappa shape index (κ2) is 7.09. The molecule has 20 heavy (non-hydrogen) atoms. The predicted octanol–water partition coefficient (Wildman–Crippen LogP) is 1.79. The van der Waals surface area contributed by atoms with Gasteiger partial charge < -0.3 is 20.5 Å². The first kappa shape index (κ1) is 16.2.